The molecule has 0 aliphatic carbocycles. The Morgan fingerprint density at radius 1 is 1.07 bits per heavy atom. The normalized spacial score (nSPS) is 15.1. The first-order valence-electron chi connectivity index (χ1n) is 4.58. The lowest BCUT2D eigenvalue weighted by Gasteiger charge is -2.16. The highest BCUT2D eigenvalue weighted by molar-refractivity contribution is 6.28. The molecule has 2 amide bonds. The minimum absolute atomic E-state index is 0.299. The average Bonchev–Trinajstić information content (AvgIpc) is 2.59. The summed E-state index contributed by atoms with van der Waals surface area (Å²) in [6, 6.07) is 7.11. The summed E-state index contributed by atoms with van der Waals surface area (Å²) < 4.78 is 0. The molecule has 1 aliphatic heterocycles. The lowest BCUT2D eigenvalue weighted by Crippen LogP contribution is -2.30. The van der Waals surface area contributed by atoms with E-state index in [0.29, 0.717) is 12.2 Å². The van der Waals surface area contributed by atoms with Crippen LogP contribution in [-0.2, 0) is 16.1 Å². The second kappa shape index (κ2) is 3.67. The Hall–Kier alpha value is -1.94. The van der Waals surface area contributed by atoms with Crippen LogP contribution < -0.4 is 10.6 Å². The molecular weight excluding hydrogens is 192 g/mol. The molecule has 0 aromatic heterocycles. The van der Waals surface area contributed by atoms with Crippen molar-refractivity contribution in [1.82, 2.24) is 0 Å². The van der Waals surface area contributed by atoms with Crippen molar-refractivity contribution in [3.63, 3.8) is 0 Å². The standard InChI is InChI=1S/C11H10N2O2/c12-7-8-3-1-2-4-9(8)13-10(14)5-6-11(13)15/h1-6H,7,12H2. The number of imide groups is 1. The number of hydrogen-bond donors (Lipinski definition) is 1. The first kappa shape index (κ1) is 9.61. The van der Waals surface area contributed by atoms with E-state index in [2.05, 4.69) is 0 Å². The van der Waals surface area contributed by atoms with Gasteiger partial charge in [-0.25, -0.2) is 4.90 Å². The molecule has 0 unspecified atom stereocenters. The SMILES string of the molecule is NCc1ccccc1N1C(=O)C=CC1=O. The Morgan fingerprint density at radius 3 is 2.27 bits per heavy atom. The molecule has 0 saturated heterocycles. The van der Waals surface area contributed by atoms with Gasteiger partial charge in [0.25, 0.3) is 11.8 Å². The van der Waals surface area contributed by atoms with Gasteiger partial charge < -0.3 is 5.73 Å². The van der Waals surface area contributed by atoms with E-state index in [-0.39, 0.29) is 11.8 Å². The van der Waals surface area contributed by atoms with Crippen LogP contribution in [0.5, 0.6) is 0 Å². The molecule has 4 nitrogen and oxygen atoms in total. The topological polar surface area (TPSA) is 63.4 Å². The van der Waals surface area contributed by atoms with Crippen LogP contribution in [0.15, 0.2) is 36.4 Å². The van der Waals surface area contributed by atoms with Crippen molar-refractivity contribution in [2.45, 2.75) is 6.54 Å². The van der Waals surface area contributed by atoms with Crippen LogP contribution in [0.2, 0.25) is 0 Å². The number of benzene rings is 1. The summed E-state index contributed by atoms with van der Waals surface area (Å²) in [6.07, 6.45) is 2.52. The van der Waals surface area contributed by atoms with Gasteiger partial charge in [0, 0.05) is 18.7 Å². The number of nitrogens with zero attached hydrogens (tertiary/aromatic N) is 1. The number of amides is 2. The van der Waals surface area contributed by atoms with Gasteiger partial charge in [-0.3, -0.25) is 9.59 Å². The maximum absolute atomic E-state index is 11.4. The average molecular weight is 202 g/mol. The molecule has 1 aliphatic rings. The molecule has 2 rings (SSSR count). The van der Waals surface area contributed by atoms with Gasteiger partial charge in [-0.15, -0.1) is 0 Å². The van der Waals surface area contributed by atoms with Crippen molar-refractivity contribution in [3.8, 4) is 0 Å². The molecule has 1 aromatic rings. The number of nitrogens with two attached hydrogens (primary N) is 1. The zero-order valence-electron chi connectivity index (χ0n) is 8.01. The lowest BCUT2D eigenvalue weighted by atomic mass is 10.1. The highest BCUT2D eigenvalue weighted by Gasteiger charge is 2.26. The van der Waals surface area contributed by atoms with Crippen LogP contribution in [-0.4, -0.2) is 11.8 Å². The summed E-state index contributed by atoms with van der Waals surface area (Å²) in [7, 11) is 0. The monoisotopic (exact) mass is 202 g/mol. The molecule has 1 aromatic carbocycles. The number of carbonyl (C=O) groups is 2. The fourth-order valence-corrected chi connectivity index (χ4v) is 1.54. The van der Waals surface area contributed by atoms with Crippen molar-refractivity contribution >= 4 is 17.5 Å². The van der Waals surface area contributed by atoms with Crippen molar-refractivity contribution in [2.24, 2.45) is 5.73 Å². The van der Waals surface area contributed by atoms with Crippen molar-refractivity contribution in [3.05, 3.63) is 42.0 Å². The molecule has 2 N–H and O–H groups in total. The number of carbonyl (C=O) groups excluding carboxylic acids is 2. The predicted molar refractivity (Wildman–Crippen MR) is 56.0 cm³/mol. The highest BCUT2D eigenvalue weighted by atomic mass is 16.2. The summed E-state index contributed by atoms with van der Waals surface area (Å²) in [4.78, 5) is 24.0. The molecule has 76 valence electrons. The Bertz CT molecular complexity index is 434. The summed E-state index contributed by atoms with van der Waals surface area (Å²) >= 11 is 0. The maximum atomic E-state index is 11.4. The molecule has 0 radical (unpaired) electrons. The molecule has 0 fully saturated rings. The molecule has 4 heteroatoms. The van der Waals surface area contributed by atoms with E-state index in [4.69, 9.17) is 5.73 Å². The van der Waals surface area contributed by atoms with Gasteiger partial charge in [-0.05, 0) is 11.6 Å². The molecule has 0 bridgehead atoms. The Labute approximate surface area is 87.0 Å². The van der Waals surface area contributed by atoms with E-state index < -0.39 is 0 Å². The first-order chi connectivity index (χ1) is 7.24. The second-order valence-corrected chi connectivity index (χ2v) is 3.18. The minimum Gasteiger partial charge on any atom is -0.326 e. The van der Waals surface area contributed by atoms with E-state index in [0.717, 1.165) is 10.5 Å². The number of anilines is 1. The van der Waals surface area contributed by atoms with E-state index in [1.54, 1.807) is 18.2 Å². The zero-order valence-corrected chi connectivity index (χ0v) is 8.01. The van der Waals surface area contributed by atoms with Crippen molar-refractivity contribution in [2.75, 3.05) is 4.90 Å². The summed E-state index contributed by atoms with van der Waals surface area (Å²) in [6.45, 7) is 0.299. The Morgan fingerprint density at radius 2 is 1.67 bits per heavy atom. The van der Waals surface area contributed by atoms with Gasteiger partial charge >= 0.3 is 0 Å². The van der Waals surface area contributed by atoms with Crippen LogP contribution in [0.4, 0.5) is 5.69 Å². The van der Waals surface area contributed by atoms with Crippen molar-refractivity contribution < 1.29 is 9.59 Å². The van der Waals surface area contributed by atoms with Gasteiger partial charge in [0.1, 0.15) is 0 Å². The van der Waals surface area contributed by atoms with Gasteiger partial charge in [-0.1, -0.05) is 18.2 Å². The molecule has 0 atom stereocenters. The van der Waals surface area contributed by atoms with Gasteiger partial charge in [0.2, 0.25) is 0 Å². The molecule has 1 heterocycles. The molecule has 15 heavy (non-hydrogen) atoms. The Kier molecular flexibility index (Phi) is 2.35. The first-order valence-corrected chi connectivity index (χ1v) is 4.58. The fraction of sp³-hybridized carbons (Fsp3) is 0.0909. The van der Waals surface area contributed by atoms with Crippen LogP contribution in [0.25, 0.3) is 0 Å². The largest absolute Gasteiger partial charge is 0.326 e. The van der Waals surface area contributed by atoms with Gasteiger partial charge in [0.05, 0.1) is 5.69 Å². The fourth-order valence-electron chi connectivity index (χ4n) is 1.54. The molecular formula is C11H10N2O2. The number of rotatable bonds is 2. The van der Waals surface area contributed by atoms with Crippen LogP contribution >= 0.6 is 0 Å². The van der Waals surface area contributed by atoms with E-state index in [1.165, 1.54) is 12.2 Å². The lowest BCUT2D eigenvalue weighted by molar-refractivity contribution is -0.119. The van der Waals surface area contributed by atoms with Gasteiger partial charge in [-0.2, -0.15) is 0 Å². The smallest absolute Gasteiger partial charge is 0.258 e. The van der Waals surface area contributed by atoms with Crippen LogP contribution in [0, 0.1) is 0 Å². The highest BCUT2D eigenvalue weighted by Crippen LogP contribution is 2.22. The van der Waals surface area contributed by atoms with E-state index in [1.807, 2.05) is 6.07 Å². The van der Waals surface area contributed by atoms with Crippen LogP contribution in [0.3, 0.4) is 0 Å². The van der Waals surface area contributed by atoms with E-state index >= 15 is 0 Å². The van der Waals surface area contributed by atoms with Crippen molar-refractivity contribution in [1.29, 1.82) is 0 Å². The molecule has 0 saturated carbocycles. The summed E-state index contributed by atoms with van der Waals surface area (Å²) in [5.41, 5.74) is 6.89. The number of para-hydroxylation sites is 1. The summed E-state index contributed by atoms with van der Waals surface area (Å²) in [5, 5.41) is 0. The van der Waals surface area contributed by atoms with E-state index in [9.17, 15) is 9.59 Å². The zero-order chi connectivity index (χ0) is 10.8. The van der Waals surface area contributed by atoms with Gasteiger partial charge in [0.15, 0.2) is 0 Å². The molecule has 0 spiro atoms. The number of hydrogen-bond acceptors (Lipinski definition) is 3. The summed E-state index contributed by atoms with van der Waals surface area (Å²) in [5.74, 6) is -0.637. The third kappa shape index (κ3) is 1.55. The third-order valence-electron chi connectivity index (χ3n) is 2.26. The predicted octanol–water partition coefficient (Wildman–Crippen LogP) is 0.575. The quantitative estimate of drug-likeness (QED) is 0.713. The Balaban J connectivity index is 2.45. The second-order valence-electron chi connectivity index (χ2n) is 3.18. The van der Waals surface area contributed by atoms with Crippen LogP contribution in [0.1, 0.15) is 5.56 Å². The third-order valence-corrected chi connectivity index (χ3v) is 2.26. The minimum atomic E-state index is -0.319. The maximum Gasteiger partial charge on any atom is 0.258 e.